The van der Waals surface area contributed by atoms with Crippen LogP contribution in [0.2, 0.25) is 0 Å². The van der Waals surface area contributed by atoms with E-state index in [1.54, 1.807) is 7.11 Å². The minimum Gasteiger partial charge on any atom is -0.383 e. The van der Waals surface area contributed by atoms with E-state index in [0.29, 0.717) is 12.2 Å². The van der Waals surface area contributed by atoms with E-state index >= 15 is 0 Å². The standard InChI is InChI=1S/C13H18BrNO2/c1-3-12(9-17-2)15-13(16)11-6-4-10(8-14)5-7-11/h4-7,12H,3,8-9H2,1-2H3,(H,15,16). The molecule has 1 atom stereocenters. The number of methoxy groups -OCH3 is 1. The van der Waals surface area contributed by atoms with Crippen molar-refractivity contribution >= 4 is 21.8 Å². The predicted molar refractivity (Wildman–Crippen MR) is 72.5 cm³/mol. The summed E-state index contributed by atoms with van der Waals surface area (Å²) >= 11 is 3.37. The summed E-state index contributed by atoms with van der Waals surface area (Å²) in [6, 6.07) is 7.64. The largest absolute Gasteiger partial charge is 0.383 e. The highest BCUT2D eigenvalue weighted by molar-refractivity contribution is 9.08. The van der Waals surface area contributed by atoms with Crippen LogP contribution in [0.4, 0.5) is 0 Å². The minimum absolute atomic E-state index is 0.0463. The van der Waals surface area contributed by atoms with Gasteiger partial charge < -0.3 is 10.1 Å². The number of nitrogens with one attached hydrogen (secondary N) is 1. The molecule has 1 unspecified atom stereocenters. The molecule has 17 heavy (non-hydrogen) atoms. The first-order valence-electron chi connectivity index (χ1n) is 5.66. The second-order valence-electron chi connectivity index (χ2n) is 3.86. The number of ether oxygens (including phenoxy) is 1. The fourth-order valence-corrected chi connectivity index (χ4v) is 1.85. The molecule has 94 valence electrons. The molecule has 1 aromatic carbocycles. The molecule has 0 radical (unpaired) electrons. The molecule has 0 saturated carbocycles. The number of benzene rings is 1. The van der Waals surface area contributed by atoms with Crippen LogP contribution in [0, 0.1) is 0 Å². The van der Waals surface area contributed by atoms with Crippen molar-refractivity contribution in [1.29, 1.82) is 0 Å². The number of amides is 1. The lowest BCUT2D eigenvalue weighted by molar-refractivity contribution is 0.0894. The third kappa shape index (κ3) is 4.48. The van der Waals surface area contributed by atoms with Gasteiger partial charge in [-0.25, -0.2) is 0 Å². The predicted octanol–water partition coefficient (Wildman–Crippen LogP) is 2.74. The third-order valence-electron chi connectivity index (χ3n) is 2.57. The molecular weight excluding hydrogens is 282 g/mol. The van der Waals surface area contributed by atoms with Crippen molar-refractivity contribution in [2.45, 2.75) is 24.7 Å². The number of halogens is 1. The fourth-order valence-electron chi connectivity index (χ4n) is 1.48. The van der Waals surface area contributed by atoms with E-state index in [1.165, 1.54) is 0 Å². The van der Waals surface area contributed by atoms with Crippen molar-refractivity contribution in [1.82, 2.24) is 5.32 Å². The molecule has 1 aromatic rings. The van der Waals surface area contributed by atoms with Gasteiger partial charge in [-0.2, -0.15) is 0 Å². The van der Waals surface area contributed by atoms with Crippen molar-refractivity contribution in [3.63, 3.8) is 0 Å². The number of hydrogen-bond donors (Lipinski definition) is 1. The first-order valence-corrected chi connectivity index (χ1v) is 6.78. The van der Waals surface area contributed by atoms with Crippen molar-refractivity contribution in [3.05, 3.63) is 35.4 Å². The van der Waals surface area contributed by atoms with E-state index < -0.39 is 0 Å². The van der Waals surface area contributed by atoms with Crippen LogP contribution in [-0.2, 0) is 10.1 Å². The maximum atomic E-state index is 11.9. The van der Waals surface area contributed by atoms with E-state index in [0.717, 1.165) is 17.3 Å². The van der Waals surface area contributed by atoms with Gasteiger partial charge in [0, 0.05) is 18.0 Å². The Morgan fingerprint density at radius 1 is 1.41 bits per heavy atom. The Kier molecular flexibility index (Phi) is 6.22. The Morgan fingerprint density at radius 3 is 2.53 bits per heavy atom. The molecule has 0 heterocycles. The second-order valence-corrected chi connectivity index (χ2v) is 4.43. The number of alkyl halides is 1. The minimum atomic E-state index is -0.0463. The van der Waals surface area contributed by atoms with E-state index in [9.17, 15) is 4.79 Å². The van der Waals surface area contributed by atoms with Crippen LogP contribution < -0.4 is 5.32 Å². The Labute approximate surface area is 111 Å². The van der Waals surface area contributed by atoms with Gasteiger partial charge in [0.05, 0.1) is 12.6 Å². The molecular formula is C13H18BrNO2. The Balaban J connectivity index is 2.62. The number of carbonyl (C=O) groups excluding carboxylic acids is 1. The van der Waals surface area contributed by atoms with Gasteiger partial charge in [-0.3, -0.25) is 4.79 Å². The van der Waals surface area contributed by atoms with Crippen molar-refractivity contribution in [2.24, 2.45) is 0 Å². The molecule has 3 nitrogen and oxygen atoms in total. The Morgan fingerprint density at radius 2 is 2.06 bits per heavy atom. The van der Waals surface area contributed by atoms with Crippen LogP contribution in [-0.4, -0.2) is 25.7 Å². The molecule has 1 N–H and O–H groups in total. The van der Waals surface area contributed by atoms with Gasteiger partial charge in [-0.05, 0) is 24.1 Å². The molecule has 0 fully saturated rings. The lowest BCUT2D eigenvalue weighted by Gasteiger charge is -2.15. The van der Waals surface area contributed by atoms with E-state index in [-0.39, 0.29) is 11.9 Å². The maximum Gasteiger partial charge on any atom is 0.251 e. The normalized spacial score (nSPS) is 12.2. The summed E-state index contributed by atoms with van der Waals surface area (Å²) in [4.78, 5) is 11.9. The van der Waals surface area contributed by atoms with Crippen LogP contribution in [0.25, 0.3) is 0 Å². The van der Waals surface area contributed by atoms with Gasteiger partial charge in [0.15, 0.2) is 0 Å². The highest BCUT2D eigenvalue weighted by Gasteiger charge is 2.11. The average molecular weight is 300 g/mol. The lowest BCUT2D eigenvalue weighted by atomic mass is 10.1. The highest BCUT2D eigenvalue weighted by Crippen LogP contribution is 2.08. The smallest absolute Gasteiger partial charge is 0.251 e. The molecule has 0 aliphatic carbocycles. The van der Waals surface area contributed by atoms with Gasteiger partial charge >= 0.3 is 0 Å². The van der Waals surface area contributed by atoms with Crippen molar-refractivity contribution in [2.75, 3.05) is 13.7 Å². The molecule has 0 bridgehead atoms. The van der Waals surface area contributed by atoms with Crippen molar-refractivity contribution in [3.8, 4) is 0 Å². The van der Waals surface area contributed by atoms with E-state index in [4.69, 9.17) is 4.74 Å². The Bertz CT molecular complexity index is 351. The second kappa shape index (κ2) is 7.45. The topological polar surface area (TPSA) is 38.3 Å². The molecule has 0 spiro atoms. The molecule has 0 saturated heterocycles. The summed E-state index contributed by atoms with van der Waals surface area (Å²) in [7, 11) is 1.64. The van der Waals surface area contributed by atoms with Crippen LogP contribution in [0.3, 0.4) is 0 Å². The number of hydrogen-bond acceptors (Lipinski definition) is 2. The highest BCUT2D eigenvalue weighted by atomic mass is 79.9. The Hall–Kier alpha value is -0.870. The first kappa shape index (κ1) is 14.2. The molecule has 0 aliphatic rings. The molecule has 1 amide bonds. The molecule has 0 aromatic heterocycles. The number of rotatable bonds is 6. The van der Waals surface area contributed by atoms with Crippen LogP contribution in [0.1, 0.15) is 29.3 Å². The van der Waals surface area contributed by atoms with Gasteiger partial charge in [0.1, 0.15) is 0 Å². The van der Waals surface area contributed by atoms with Crippen LogP contribution in [0.5, 0.6) is 0 Å². The van der Waals surface area contributed by atoms with Gasteiger partial charge in [0.2, 0.25) is 0 Å². The third-order valence-corrected chi connectivity index (χ3v) is 3.21. The lowest BCUT2D eigenvalue weighted by Crippen LogP contribution is -2.37. The van der Waals surface area contributed by atoms with Crippen LogP contribution >= 0.6 is 15.9 Å². The zero-order chi connectivity index (χ0) is 12.7. The van der Waals surface area contributed by atoms with E-state index in [1.807, 2.05) is 31.2 Å². The zero-order valence-electron chi connectivity index (χ0n) is 10.2. The first-order chi connectivity index (χ1) is 8.21. The molecule has 0 aliphatic heterocycles. The maximum absolute atomic E-state index is 11.9. The van der Waals surface area contributed by atoms with Crippen LogP contribution in [0.15, 0.2) is 24.3 Å². The summed E-state index contributed by atoms with van der Waals surface area (Å²) in [5.74, 6) is -0.0463. The summed E-state index contributed by atoms with van der Waals surface area (Å²) in [5, 5.41) is 3.75. The molecule has 1 rings (SSSR count). The summed E-state index contributed by atoms with van der Waals surface area (Å²) in [5.41, 5.74) is 1.84. The molecule has 4 heteroatoms. The SMILES string of the molecule is CCC(COC)NC(=O)c1ccc(CBr)cc1. The quantitative estimate of drug-likeness (QED) is 0.820. The van der Waals surface area contributed by atoms with Gasteiger partial charge in [0.25, 0.3) is 5.91 Å². The van der Waals surface area contributed by atoms with E-state index in [2.05, 4.69) is 21.2 Å². The summed E-state index contributed by atoms with van der Waals surface area (Å²) in [6.07, 6.45) is 0.860. The van der Waals surface area contributed by atoms with Gasteiger partial charge in [-0.15, -0.1) is 0 Å². The average Bonchev–Trinajstić information content (AvgIpc) is 2.38. The zero-order valence-corrected chi connectivity index (χ0v) is 11.8. The number of carbonyl (C=O) groups is 1. The summed E-state index contributed by atoms with van der Waals surface area (Å²) < 4.78 is 5.05. The fraction of sp³-hybridized carbons (Fsp3) is 0.462. The van der Waals surface area contributed by atoms with Crippen molar-refractivity contribution < 1.29 is 9.53 Å². The summed E-state index contributed by atoms with van der Waals surface area (Å²) in [6.45, 7) is 2.57. The van der Waals surface area contributed by atoms with Gasteiger partial charge in [-0.1, -0.05) is 35.0 Å². The monoisotopic (exact) mass is 299 g/mol.